The van der Waals surface area contributed by atoms with E-state index in [0.29, 0.717) is 22.5 Å². The molecule has 0 fully saturated rings. The topological polar surface area (TPSA) is 130 Å². The fourth-order valence-electron chi connectivity index (χ4n) is 3.93. The maximum absolute atomic E-state index is 13.4. The lowest BCUT2D eigenvalue weighted by atomic mass is 10.1. The second kappa shape index (κ2) is 14.0. The van der Waals surface area contributed by atoms with Crippen LogP contribution in [-0.4, -0.2) is 28.9 Å². The van der Waals surface area contributed by atoms with E-state index in [9.17, 15) is 19.2 Å². The molecule has 1 unspecified atom stereocenters. The van der Waals surface area contributed by atoms with Crippen molar-refractivity contribution in [2.75, 3.05) is 10.6 Å². The van der Waals surface area contributed by atoms with Gasteiger partial charge in [0.25, 0.3) is 11.8 Å². The predicted octanol–water partition coefficient (Wildman–Crippen LogP) is 5.62. The van der Waals surface area contributed by atoms with Crippen molar-refractivity contribution in [2.24, 2.45) is 5.73 Å². The van der Waals surface area contributed by atoms with Gasteiger partial charge in [-0.05, 0) is 80.1 Å². The molecule has 9 heteroatoms. The molecule has 0 aliphatic heterocycles. The Hall–Kier alpha value is -5.15. The first-order valence-electron chi connectivity index (χ1n) is 13.1. The molecule has 0 aromatic heterocycles. The standard InChI is InChI=1S/C33H30N4O4S/c1-21-8-6-9-23(18-21)19-29(37-32(40)25-10-4-3-5-11-25)33(41)36-27-12-7-13-28(20-27)42-22(2)31(39)35-26-16-14-24(15-17-26)30(34)38/h3-20,22H,1-2H3,(H2,34,38)(H,35,39)(H,36,41)(H,37,40)/b29-19+. The van der Waals surface area contributed by atoms with Gasteiger partial charge in [0.05, 0.1) is 5.25 Å². The van der Waals surface area contributed by atoms with Gasteiger partial charge in [0.15, 0.2) is 0 Å². The minimum absolute atomic E-state index is 0.0857. The van der Waals surface area contributed by atoms with E-state index in [1.165, 1.54) is 11.8 Å². The van der Waals surface area contributed by atoms with Crippen LogP contribution >= 0.6 is 11.8 Å². The second-order valence-electron chi connectivity index (χ2n) is 9.47. The average Bonchev–Trinajstić information content (AvgIpc) is 2.97. The number of thioether (sulfide) groups is 1. The molecule has 42 heavy (non-hydrogen) atoms. The number of hydrogen-bond acceptors (Lipinski definition) is 5. The van der Waals surface area contributed by atoms with Gasteiger partial charge in [-0.1, -0.05) is 54.1 Å². The number of amides is 4. The molecule has 1 atom stereocenters. The number of benzene rings is 4. The van der Waals surface area contributed by atoms with Crippen LogP contribution in [0.2, 0.25) is 0 Å². The highest BCUT2D eigenvalue weighted by Crippen LogP contribution is 2.27. The highest BCUT2D eigenvalue weighted by Gasteiger charge is 2.17. The molecule has 0 heterocycles. The monoisotopic (exact) mass is 578 g/mol. The summed E-state index contributed by atoms with van der Waals surface area (Å²) < 4.78 is 0. The molecule has 0 aliphatic carbocycles. The third kappa shape index (κ3) is 8.42. The van der Waals surface area contributed by atoms with Gasteiger partial charge in [-0.25, -0.2) is 0 Å². The number of nitrogens with one attached hydrogen (secondary N) is 3. The Bertz CT molecular complexity index is 1640. The van der Waals surface area contributed by atoms with Gasteiger partial charge in [-0.2, -0.15) is 0 Å². The lowest BCUT2D eigenvalue weighted by Crippen LogP contribution is -2.30. The van der Waals surface area contributed by atoms with Crippen molar-refractivity contribution < 1.29 is 19.2 Å². The zero-order chi connectivity index (χ0) is 30.1. The summed E-state index contributed by atoms with van der Waals surface area (Å²) in [4.78, 5) is 51.1. The number of rotatable bonds is 10. The largest absolute Gasteiger partial charge is 0.366 e. The number of primary amides is 1. The maximum atomic E-state index is 13.4. The zero-order valence-electron chi connectivity index (χ0n) is 23.1. The smallest absolute Gasteiger partial charge is 0.272 e. The average molecular weight is 579 g/mol. The van der Waals surface area contributed by atoms with Gasteiger partial charge in [-0.15, -0.1) is 11.8 Å². The number of nitrogens with two attached hydrogens (primary N) is 1. The van der Waals surface area contributed by atoms with Crippen LogP contribution in [0.15, 0.2) is 114 Å². The number of hydrogen-bond donors (Lipinski definition) is 4. The first-order chi connectivity index (χ1) is 20.2. The molecular weight excluding hydrogens is 548 g/mol. The van der Waals surface area contributed by atoms with Gasteiger partial charge in [0, 0.05) is 27.4 Å². The van der Waals surface area contributed by atoms with Crippen molar-refractivity contribution in [1.82, 2.24) is 5.32 Å². The van der Waals surface area contributed by atoms with Crippen molar-refractivity contribution in [3.05, 3.63) is 131 Å². The Labute approximate surface area is 248 Å². The van der Waals surface area contributed by atoms with Gasteiger partial charge in [0.1, 0.15) is 5.70 Å². The van der Waals surface area contributed by atoms with E-state index in [2.05, 4.69) is 16.0 Å². The van der Waals surface area contributed by atoms with Crippen LogP contribution in [0.3, 0.4) is 0 Å². The first kappa shape index (κ1) is 29.8. The summed E-state index contributed by atoms with van der Waals surface area (Å²) in [6.45, 7) is 3.72. The molecule has 4 rings (SSSR count). The number of anilines is 2. The van der Waals surface area contributed by atoms with Gasteiger partial charge in [-0.3, -0.25) is 19.2 Å². The summed E-state index contributed by atoms with van der Waals surface area (Å²) in [5.74, 6) is -1.67. The molecule has 0 aliphatic rings. The van der Waals surface area contributed by atoms with E-state index in [1.807, 2.05) is 43.3 Å². The van der Waals surface area contributed by atoms with Gasteiger partial charge >= 0.3 is 0 Å². The van der Waals surface area contributed by atoms with E-state index in [0.717, 1.165) is 16.0 Å². The summed E-state index contributed by atoms with van der Waals surface area (Å²) in [5.41, 5.74) is 8.96. The van der Waals surface area contributed by atoms with E-state index < -0.39 is 23.0 Å². The minimum atomic E-state index is -0.542. The van der Waals surface area contributed by atoms with Crippen LogP contribution in [0.1, 0.15) is 38.8 Å². The minimum Gasteiger partial charge on any atom is -0.366 e. The number of carbonyl (C=O) groups is 4. The van der Waals surface area contributed by atoms with Crippen molar-refractivity contribution in [1.29, 1.82) is 0 Å². The molecule has 4 aromatic rings. The summed E-state index contributed by atoms with van der Waals surface area (Å²) in [6, 6.07) is 29.7. The van der Waals surface area contributed by atoms with Gasteiger partial charge < -0.3 is 21.7 Å². The molecule has 0 saturated heterocycles. The van der Waals surface area contributed by atoms with Crippen LogP contribution in [0.5, 0.6) is 0 Å². The van der Waals surface area contributed by atoms with Crippen LogP contribution < -0.4 is 21.7 Å². The summed E-state index contributed by atoms with van der Waals surface area (Å²) in [6.07, 6.45) is 1.63. The SMILES string of the molecule is Cc1cccc(/C=C(/NC(=O)c2ccccc2)C(=O)Nc2cccc(SC(C)C(=O)Nc3ccc(C(N)=O)cc3)c2)c1. The summed E-state index contributed by atoms with van der Waals surface area (Å²) >= 11 is 1.32. The quantitative estimate of drug-likeness (QED) is 0.143. The van der Waals surface area contributed by atoms with E-state index in [1.54, 1.807) is 79.7 Å². The van der Waals surface area contributed by atoms with Crippen LogP contribution in [0, 0.1) is 6.92 Å². The van der Waals surface area contributed by atoms with E-state index in [-0.39, 0.29) is 11.6 Å². The van der Waals surface area contributed by atoms with Crippen molar-refractivity contribution in [3.8, 4) is 0 Å². The molecule has 4 aromatic carbocycles. The number of carbonyl (C=O) groups excluding carboxylic acids is 4. The first-order valence-corrected chi connectivity index (χ1v) is 14.0. The van der Waals surface area contributed by atoms with Crippen molar-refractivity contribution >= 4 is 52.8 Å². The van der Waals surface area contributed by atoms with Crippen LogP contribution in [-0.2, 0) is 9.59 Å². The molecule has 5 N–H and O–H groups in total. The van der Waals surface area contributed by atoms with Crippen LogP contribution in [0.25, 0.3) is 6.08 Å². The predicted molar refractivity (Wildman–Crippen MR) is 167 cm³/mol. The molecule has 4 amide bonds. The Balaban J connectivity index is 1.46. The lowest BCUT2D eigenvalue weighted by Gasteiger charge is -2.14. The molecule has 0 spiro atoms. The molecular formula is C33H30N4O4S. The van der Waals surface area contributed by atoms with Gasteiger partial charge in [0.2, 0.25) is 11.8 Å². The fraction of sp³-hybridized carbons (Fsp3) is 0.0909. The highest BCUT2D eigenvalue weighted by atomic mass is 32.2. The van der Waals surface area contributed by atoms with E-state index in [4.69, 9.17) is 5.73 Å². The summed E-state index contributed by atoms with van der Waals surface area (Å²) in [7, 11) is 0. The third-order valence-electron chi connectivity index (χ3n) is 6.09. The van der Waals surface area contributed by atoms with Crippen molar-refractivity contribution in [3.63, 3.8) is 0 Å². The third-order valence-corrected chi connectivity index (χ3v) is 7.19. The second-order valence-corrected chi connectivity index (χ2v) is 10.9. The Morgan fingerprint density at radius 3 is 2.17 bits per heavy atom. The molecule has 8 nitrogen and oxygen atoms in total. The lowest BCUT2D eigenvalue weighted by molar-refractivity contribution is -0.115. The zero-order valence-corrected chi connectivity index (χ0v) is 23.9. The Morgan fingerprint density at radius 1 is 0.762 bits per heavy atom. The Morgan fingerprint density at radius 2 is 1.48 bits per heavy atom. The van der Waals surface area contributed by atoms with Crippen LogP contribution in [0.4, 0.5) is 11.4 Å². The summed E-state index contributed by atoms with van der Waals surface area (Å²) in [5, 5.41) is 7.95. The molecule has 0 radical (unpaired) electrons. The normalized spacial score (nSPS) is 11.7. The fourth-order valence-corrected chi connectivity index (χ4v) is 4.86. The highest BCUT2D eigenvalue weighted by molar-refractivity contribution is 8.00. The molecule has 212 valence electrons. The Kier molecular flexibility index (Phi) is 9.91. The van der Waals surface area contributed by atoms with E-state index >= 15 is 0 Å². The number of aryl methyl sites for hydroxylation is 1. The molecule has 0 bridgehead atoms. The maximum Gasteiger partial charge on any atom is 0.272 e. The van der Waals surface area contributed by atoms with Crippen molar-refractivity contribution in [2.45, 2.75) is 24.0 Å². The molecule has 0 saturated carbocycles.